The standard InChI is InChI=1S/C20H25FN2O2/c1-13-9-18(25-12-15-7-6-8-16(21)10-15)22-11-17(13)19(24)23-14(2)20(3,4)5/h6-11,14H,12H2,1-5H3,(H,23,24)/t14-/m1/s1. The lowest BCUT2D eigenvalue weighted by atomic mass is 9.88. The van der Waals surface area contributed by atoms with E-state index in [4.69, 9.17) is 4.74 Å². The Morgan fingerprint density at radius 1 is 1.32 bits per heavy atom. The molecular formula is C20H25FN2O2. The SMILES string of the molecule is Cc1cc(OCc2cccc(F)c2)ncc1C(=O)N[C@H](C)C(C)(C)C. The molecule has 0 saturated carbocycles. The van der Waals surface area contributed by atoms with Gasteiger partial charge in [-0.2, -0.15) is 0 Å². The second kappa shape index (κ2) is 7.64. The minimum absolute atomic E-state index is 0.0228. The lowest BCUT2D eigenvalue weighted by Crippen LogP contribution is -2.41. The van der Waals surface area contributed by atoms with E-state index in [1.165, 1.54) is 18.3 Å². The van der Waals surface area contributed by atoms with E-state index in [9.17, 15) is 9.18 Å². The van der Waals surface area contributed by atoms with Crippen LogP contribution >= 0.6 is 0 Å². The molecule has 5 heteroatoms. The number of amides is 1. The lowest BCUT2D eigenvalue weighted by molar-refractivity contribution is 0.0909. The lowest BCUT2D eigenvalue weighted by Gasteiger charge is -2.28. The quantitative estimate of drug-likeness (QED) is 0.881. The van der Waals surface area contributed by atoms with Crippen molar-refractivity contribution in [1.82, 2.24) is 10.3 Å². The minimum Gasteiger partial charge on any atom is -0.473 e. The van der Waals surface area contributed by atoms with Crippen LogP contribution in [0.2, 0.25) is 0 Å². The van der Waals surface area contributed by atoms with Crippen LogP contribution in [0.15, 0.2) is 36.5 Å². The summed E-state index contributed by atoms with van der Waals surface area (Å²) in [4.78, 5) is 16.6. The van der Waals surface area contributed by atoms with Crippen LogP contribution in [0.3, 0.4) is 0 Å². The monoisotopic (exact) mass is 344 g/mol. The molecular weight excluding hydrogens is 319 g/mol. The molecule has 0 aliphatic carbocycles. The Morgan fingerprint density at radius 3 is 2.64 bits per heavy atom. The normalized spacial score (nSPS) is 12.6. The predicted molar refractivity (Wildman–Crippen MR) is 96.1 cm³/mol. The molecule has 1 N–H and O–H groups in total. The van der Waals surface area contributed by atoms with Gasteiger partial charge in [0, 0.05) is 18.3 Å². The van der Waals surface area contributed by atoms with Gasteiger partial charge in [0.2, 0.25) is 5.88 Å². The number of halogens is 1. The molecule has 0 aliphatic heterocycles. The second-order valence-corrected chi connectivity index (χ2v) is 7.32. The maximum atomic E-state index is 13.2. The number of aromatic nitrogens is 1. The van der Waals surface area contributed by atoms with Crippen molar-refractivity contribution in [1.29, 1.82) is 0 Å². The number of rotatable bonds is 5. The molecule has 0 spiro atoms. The maximum Gasteiger partial charge on any atom is 0.253 e. The van der Waals surface area contributed by atoms with Crippen LogP contribution in [0.1, 0.15) is 49.2 Å². The molecule has 0 bridgehead atoms. The van der Waals surface area contributed by atoms with Crippen molar-refractivity contribution in [2.45, 2.75) is 47.3 Å². The Kier molecular flexibility index (Phi) is 5.77. The van der Waals surface area contributed by atoms with Crippen LogP contribution in [0.25, 0.3) is 0 Å². The highest BCUT2D eigenvalue weighted by atomic mass is 19.1. The number of hydrogen-bond donors (Lipinski definition) is 1. The number of benzene rings is 1. The van der Waals surface area contributed by atoms with E-state index in [1.807, 2.05) is 13.8 Å². The van der Waals surface area contributed by atoms with E-state index in [1.54, 1.807) is 18.2 Å². The fourth-order valence-electron chi connectivity index (χ4n) is 2.12. The number of aryl methyl sites for hydroxylation is 1. The summed E-state index contributed by atoms with van der Waals surface area (Å²) < 4.78 is 18.8. The molecule has 1 heterocycles. The van der Waals surface area contributed by atoms with E-state index < -0.39 is 0 Å². The van der Waals surface area contributed by atoms with Gasteiger partial charge in [0.25, 0.3) is 5.91 Å². The van der Waals surface area contributed by atoms with Crippen LogP contribution in [-0.4, -0.2) is 16.9 Å². The minimum atomic E-state index is -0.301. The van der Waals surface area contributed by atoms with Crippen LogP contribution in [0, 0.1) is 18.2 Å². The van der Waals surface area contributed by atoms with Crippen molar-refractivity contribution < 1.29 is 13.9 Å². The molecule has 25 heavy (non-hydrogen) atoms. The van der Waals surface area contributed by atoms with Crippen molar-refractivity contribution in [2.24, 2.45) is 5.41 Å². The number of ether oxygens (including phenoxy) is 1. The molecule has 2 rings (SSSR count). The van der Waals surface area contributed by atoms with Crippen molar-refractivity contribution >= 4 is 5.91 Å². The Balaban J connectivity index is 2.03. The molecule has 2 aromatic rings. The van der Waals surface area contributed by atoms with Gasteiger partial charge < -0.3 is 10.1 Å². The Labute approximate surface area is 148 Å². The number of hydrogen-bond acceptors (Lipinski definition) is 3. The van der Waals surface area contributed by atoms with Crippen molar-refractivity contribution in [3.8, 4) is 5.88 Å². The van der Waals surface area contributed by atoms with E-state index >= 15 is 0 Å². The summed E-state index contributed by atoms with van der Waals surface area (Å²) in [5.74, 6) is -0.0449. The average Bonchev–Trinajstić information content (AvgIpc) is 2.52. The summed E-state index contributed by atoms with van der Waals surface area (Å²) in [7, 11) is 0. The first-order valence-corrected chi connectivity index (χ1v) is 8.31. The van der Waals surface area contributed by atoms with Gasteiger partial charge in [-0.1, -0.05) is 32.9 Å². The molecule has 0 aliphatic rings. The molecule has 134 valence electrons. The van der Waals surface area contributed by atoms with Gasteiger partial charge in [-0.15, -0.1) is 0 Å². The largest absolute Gasteiger partial charge is 0.473 e. The zero-order valence-electron chi connectivity index (χ0n) is 15.4. The summed E-state index contributed by atoms with van der Waals surface area (Å²) in [6, 6.07) is 7.97. The molecule has 1 aromatic carbocycles. The van der Waals surface area contributed by atoms with Crippen LogP contribution in [0.5, 0.6) is 5.88 Å². The molecule has 0 radical (unpaired) electrons. The van der Waals surface area contributed by atoms with Crippen LogP contribution < -0.4 is 10.1 Å². The van der Waals surface area contributed by atoms with E-state index in [0.717, 1.165) is 11.1 Å². The molecule has 1 aromatic heterocycles. The molecule has 0 fully saturated rings. The first-order chi connectivity index (χ1) is 11.7. The zero-order valence-corrected chi connectivity index (χ0v) is 15.4. The first kappa shape index (κ1) is 18.9. The van der Waals surface area contributed by atoms with Gasteiger partial charge in [-0.3, -0.25) is 4.79 Å². The first-order valence-electron chi connectivity index (χ1n) is 8.31. The smallest absolute Gasteiger partial charge is 0.253 e. The van der Waals surface area contributed by atoms with Gasteiger partial charge in [0.05, 0.1) is 5.56 Å². The molecule has 1 atom stereocenters. The maximum absolute atomic E-state index is 13.2. The summed E-state index contributed by atoms with van der Waals surface area (Å²) in [5.41, 5.74) is 2.00. The average molecular weight is 344 g/mol. The second-order valence-electron chi connectivity index (χ2n) is 7.32. The number of nitrogens with zero attached hydrogens (tertiary/aromatic N) is 1. The summed E-state index contributed by atoms with van der Waals surface area (Å²) in [5, 5.41) is 3.00. The third kappa shape index (κ3) is 5.28. The van der Waals surface area contributed by atoms with E-state index in [2.05, 4.69) is 31.1 Å². The topological polar surface area (TPSA) is 51.2 Å². The van der Waals surface area contributed by atoms with Gasteiger partial charge in [0.15, 0.2) is 0 Å². The van der Waals surface area contributed by atoms with Crippen molar-refractivity contribution in [3.63, 3.8) is 0 Å². The predicted octanol–water partition coefficient (Wildman–Crippen LogP) is 4.27. The third-order valence-corrected chi connectivity index (χ3v) is 4.25. The van der Waals surface area contributed by atoms with Gasteiger partial charge in [-0.25, -0.2) is 9.37 Å². The van der Waals surface area contributed by atoms with Crippen molar-refractivity contribution in [3.05, 3.63) is 59.0 Å². The number of pyridine rings is 1. The van der Waals surface area contributed by atoms with Gasteiger partial charge in [-0.05, 0) is 42.5 Å². The fourth-order valence-corrected chi connectivity index (χ4v) is 2.12. The molecule has 0 saturated heterocycles. The third-order valence-electron chi connectivity index (χ3n) is 4.25. The number of carbonyl (C=O) groups excluding carboxylic acids is 1. The highest BCUT2D eigenvalue weighted by Crippen LogP contribution is 2.20. The highest BCUT2D eigenvalue weighted by molar-refractivity contribution is 5.95. The van der Waals surface area contributed by atoms with Crippen LogP contribution in [0.4, 0.5) is 4.39 Å². The Morgan fingerprint density at radius 2 is 2.04 bits per heavy atom. The Hall–Kier alpha value is -2.43. The van der Waals surface area contributed by atoms with E-state index in [0.29, 0.717) is 11.4 Å². The molecule has 1 amide bonds. The fraction of sp³-hybridized carbons (Fsp3) is 0.400. The zero-order chi connectivity index (χ0) is 18.6. The molecule has 4 nitrogen and oxygen atoms in total. The highest BCUT2D eigenvalue weighted by Gasteiger charge is 2.23. The van der Waals surface area contributed by atoms with Gasteiger partial charge >= 0.3 is 0 Å². The van der Waals surface area contributed by atoms with Crippen LogP contribution in [-0.2, 0) is 6.61 Å². The summed E-state index contributed by atoms with van der Waals surface area (Å²) in [6.07, 6.45) is 1.51. The van der Waals surface area contributed by atoms with Crippen molar-refractivity contribution in [2.75, 3.05) is 0 Å². The Bertz CT molecular complexity index is 754. The summed E-state index contributed by atoms with van der Waals surface area (Å²) in [6.45, 7) is 10.3. The van der Waals surface area contributed by atoms with Gasteiger partial charge in [0.1, 0.15) is 12.4 Å². The van der Waals surface area contributed by atoms with E-state index in [-0.39, 0.29) is 29.8 Å². The molecule has 0 unspecified atom stereocenters. The number of nitrogens with one attached hydrogen (secondary N) is 1. The summed E-state index contributed by atoms with van der Waals surface area (Å²) >= 11 is 0. The number of carbonyl (C=O) groups is 1.